The second-order valence-electron chi connectivity index (χ2n) is 5.86. The molecule has 0 amide bonds. The molecule has 0 atom stereocenters. The van der Waals surface area contributed by atoms with Crippen LogP contribution < -0.4 is 15.4 Å². The number of hydrogen-bond acceptors (Lipinski definition) is 5. The Hall–Kier alpha value is -2.79. The first-order valence-corrected chi connectivity index (χ1v) is 8.80. The van der Waals surface area contributed by atoms with Crippen LogP contribution in [-0.2, 0) is 0 Å². The Kier molecular flexibility index (Phi) is 5.58. The van der Waals surface area contributed by atoms with E-state index in [0.717, 1.165) is 28.4 Å². The molecule has 0 unspecified atom stereocenters. The number of para-hydroxylation sites is 2. The number of nitrogens with zero attached hydrogens (tertiary/aromatic N) is 2. The van der Waals surface area contributed by atoms with Crippen molar-refractivity contribution in [1.82, 2.24) is 9.97 Å². The van der Waals surface area contributed by atoms with E-state index in [0.29, 0.717) is 23.4 Å². The van der Waals surface area contributed by atoms with E-state index in [2.05, 4.69) is 20.6 Å². The SMILES string of the molecule is CCOc1ccccc1Nc1cc(C)nc(Nc2ccc(Cl)cc2C)n1. The van der Waals surface area contributed by atoms with Gasteiger partial charge in [-0.05, 0) is 56.7 Å². The van der Waals surface area contributed by atoms with Gasteiger partial charge in [0, 0.05) is 22.5 Å². The van der Waals surface area contributed by atoms with Crippen LogP contribution in [0.25, 0.3) is 0 Å². The molecule has 0 bridgehead atoms. The van der Waals surface area contributed by atoms with Gasteiger partial charge >= 0.3 is 0 Å². The van der Waals surface area contributed by atoms with E-state index in [-0.39, 0.29) is 0 Å². The van der Waals surface area contributed by atoms with Gasteiger partial charge in [-0.2, -0.15) is 4.98 Å². The van der Waals surface area contributed by atoms with Gasteiger partial charge in [-0.3, -0.25) is 0 Å². The summed E-state index contributed by atoms with van der Waals surface area (Å²) in [4.78, 5) is 9.03. The van der Waals surface area contributed by atoms with Gasteiger partial charge in [0.15, 0.2) is 0 Å². The maximum absolute atomic E-state index is 6.02. The molecule has 2 aromatic carbocycles. The predicted octanol–water partition coefficient (Wildman–Crippen LogP) is 5.63. The van der Waals surface area contributed by atoms with Crippen molar-refractivity contribution >= 4 is 34.7 Å². The second kappa shape index (κ2) is 8.06. The van der Waals surface area contributed by atoms with E-state index < -0.39 is 0 Å². The molecule has 1 aromatic heterocycles. The molecule has 3 aromatic rings. The van der Waals surface area contributed by atoms with Gasteiger partial charge in [0.05, 0.1) is 12.3 Å². The Morgan fingerprint density at radius 3 is 2.54 bits per heavy atom. The van der Waals surface area contributed by atoms with Crippen molar-refractivity contribution in [2.45, 2.75) is 20.8 Å². The lowest BCUT2D eigenvalue weighted by atomic mass is 10.2. The lowest BCUT2D eigenvalue weighted by Gasteiger charge is -2.14. The van der Waals surface area contributed by atoms with E-state index in [1.165, 1.54) is 0 Å². The largest absolute Gasteiger partial charge is 0.492 e. The minimum absolute atomic E-state index is 0.520. The van der Waals surface area contributed by atoms with Crippen LogP contribution in [0.3, 0.4) is 0 Å². The highest BCUT2D eigenvalue weighted by Crippen LogP contribution is 2.28. The monoisotopic (exact) mass is 368 g/mol. The number of ether oxygens (including phenoxy) is 1. The molecule has 0 fully saturated rings. The van der Waals surface area contributed by atoms with Crippen molar-refractivity contribution in [3.63, 3.8) is 0 Å². The number of rotatable bonds is 6. The lowest BCUT2D eigenvalue weighted by Crippen LogP contribution is -2.04. The van der Waals surface area contributed by atoms with Gasteiger partial charge in [-0.25, -0.2) is 4.98 Å². The molecule has 6 heteroatoms. The summed E-state index contributed by atoms with van der Waals surface area (Å²) in [6, 6.07) is 15.3. The number of anilines is 4. The van der Waals surface area contributed by atoms with Crippen molar-refractivity contribution in [3.05, 3.63) is 64.8 Å². The number of hydrogen-bond donors (Lipinski definition) is 2. The molecule has 0 aliphatic carbocycles. The van der Waals surface area contributed by atoms with Crippen molar-refractivity contribution in [2.24, 2.45) is 0 Å². The first kappa shape index (κ1) is 18.0. The van der Waals surface area contributed by atoms with Crippen LogP contribution in [0.4, 0.5) is 23.1 Å². The summed E-state index contributed by atoms with van der Waals surface area (Å²) >= 11 is 6.02. The Morgan fingerprint density at radius 2 is 1.77 bits per heavy atom. The third-order valence-electron chi connectivity index (χ3n) is 3.74. The van der Waals surface area contributed by atoms with Crippen molar-refractivity contribution in [1.29, 1.82) is 0 Å². The normalized spacial score (nSPS) is 10.5. The van der Waals surface area contributed by atoms with Crippen LogP contribution >= 0.6 is 11.6 Å². The molecule has 0 saturated heterocycles. The number of aryl methyl sites for hydroxylation is 2. The number of aromatic nitrogens is 2. The highest BCUT2D eigenvalue weighted by atomic mass is 35.5. The molecule has 26 heavy (non-hydrogen) atoms. The summed E-state index contributed by atoms with van der Waals surface area (Å²) < 4.78 is 5.66. The summed E-state index contributed by atoms with van der Waals surface area (Å²) in [5, 5.41) is 7.27. The highest BCUT2D eigenvalue weighted by Gasteiger charge is 2.08. The van der Waals surface area contributed by atoms with Gasteiger partial charge in [0.25, 0.3) is 0 Å². The van der Waals surface area contributed by atoms with Gasteiger partial charge in [0.2, 0.25) is 5.95 Å². The van der Waals surface area contributed by atoms with Gasteiger partial charge in [-0.15, -0.1) is 0 Å². The molecular formula is C20H21ClN4O. The van der Waals surface area contributed by atoms with E-state index >= 15 is 0 Å². The average Bonchev–Trinajstić information content (AvgIpc) is 2.59. The first-order chi connectivity index (χ1) is 12.5. The lowest BCUT2D eigenvalue weighted by molar-refractivity contribution is 0.342. The Bertz CT molecular complexity index is 914. The Labute approximate surface area is 158 Å². The maximum Gasteiger partial charge on any atom is 0.229 e. The third-order valence-corrected chi connectivity index (χ3v) is 3.97. The topological polar surface area (TPSA) is 59.1 Å². The molecule has 0 aliphatic rings. The standard InChI is InChI=1S/C20H21ClN4O/c1-4-26-18-8-6-5-7-17(18)23-19-12-14(3)22-20(25-19)24-16-10-9-15(21)11-13(16)2/h5-12H,4H2,1-3H3,(H2,22,23,24,25). The maximum atomic E-state index is 6.02. The summed E-state index contributed by atoms with van der Waals surface area (Å²) in [6.07, 6.45) is 0. The van der Waals surface area contributed by atoms with Crippen LogP contribution in [0.2, 0.25) is 5.02 Å². The number of benzene rings is 2. The molecule has 0 saturated carbocycles. The van der Waals surface area contributed by atoms with Gasteiger partial charge in [-0.1, -0.05) is 23.7 Å². The smallest absolute Gasteiger partial charge is 0.229 e. The zero-order valence-electron chi connectivity index (χ0n) is 15.0. The molecule has 0 spiro atoms. The third kappa shape index (κ3) is 4.43. The Balaban J connectivity index is 1.86. The number of nitrogens with one attached hydrogen (secondary N) is 2. The van der Waals surface area contributed by atoms with Crippen LogP contribution in [-0.4, -0.2) is 16.6 Å². The quantitative estimate of drug-likeness (QED) is 0.590. The van der Waals surface area contributed by atoms with Crippen LogP contribution in [0.15, 0.2) is 48.5 Å². The number of halogens is 1. The Morgan fingerprint density at radius 1 is 0.962 bits per heavy atom. The summed E-state index contributed by atoms with van der Waals surface area (Å²) in [5.74, 6) is 2.00. The first-order valence-electron chi connectivity index (χ1n) is 8.43. The molecule has 2 N–H and O–H groups in total. The minimum Gasteiger partial charge on any atom is -0.492 e. The molecule has 1 heterocycles. The predicted molar refractivity (Wildman–Crippen MR) is 107 cm³/mol. The van der Waals surface area contributed by atoms with Crippen molar-refractivity contribution < 1.29 is 4.74 Å². The molecule has 0 aliphatic heterocycles. The zero-order chi connectivity index (χ0) is 18.5. The highest BCUT2D eigenvalue weighted by molar-refractivity contribution is 6.30. The van der Waals surface area contributed by atoms with Crippen molar-refractivity contribution in [2.75, 3.05) is 17.2 Å². The second-order valence-corrected chi connectivity index (χ2v) is 6.29. The van der Waals surface area contributed by atoms with Crippen LogP contribution in [0, 0.1) is 13.8 Å². The van der Waals surface area contributed by atoms with E-state index in [9.17, 15) is 0 Å². The fraction of sp³-hybridized carbons (Fsp3) is 0.200. The average molecular weight is 369 g/mol. The van der Waals surface area contributed by atoms with Crippen molar-refractivity contribution in [3.8, 4) is 5.75 Å². The molecular weight excluding hydrogens is 348 g/mol. The molecule has 3 rings (SSSR count). The fourth-order valence-electron chi connectivity index (χ4n) is 2.57. The molecule has 5 nitrogen and oxygen atoms in total. The van der Waals surface area contributed by atoms with Crippen LogP contribution in [0.5, 0.6) is 5.75 Å². The van der Waals surface area contributed by atoms with Gasteiger partial charge < -0.3 is 15.4 Å². The molecule has 134 valence electrons. The summed E-state index contributed by atoms with van der Waals surface area (Å²) in [6.45, 7) is 6.48. The van der Waals surface area contributed by atoms with E-state index in [1.807, 2.05) is 69.3 Å². The van der Waals surface area contributed by atoms with Gasteiger partial charge in [0.1, 0.15) is 11.6 Å². The zero-order valence-corrected chi connectivity index (χ0v) is 15.8. The summed E-state index contributed by atoms with van der Waals surface area (Å²) in [5.41, 5.74) is 3.66. The fourth-order valence-corrected chi connectivity index (χ4v) is 2.79. The minimum atomic E-state index is 0.520. The molecule has 0 radical (unpaired) electrons. The van der Waals surface area contributed by atoms with E-state index in [4.69, 9.17) is 16.3 Å². The summed E-state index contributed by atoms with van der Waals surface area (Å²) in [7, 11) is 0. The van der Waals surface area contributed by atoms with E-state index in [1.54, 1.807) is 0 Å². The van der Waals surface area contributed by atoms with Crippen LogP contribution in [0.1, 0.15) is 18.2 Å².